The largest absolute Gasteiger partial charge is 0.456 e. The van der Waals surface area contributed by atoms with Crippen LogP contribution >= 0.6 is 11.3 Å². The number of hydrogen-bond donors (Lipinski definition) is 0. The fourth-order valence-electron chi connectivity index (χ4n) is 24.4. The van der Waals surface area contributed by atoms with E-state index in [9.17, 15) is 0 Å². The van der Waals surface area contributed by atoms with Crippen molar-refractivity contribution in [3.05, 3.63) is 510 Å². The zero-order valence-electron chi connectivity index (χ0n) is 79.4. The SMILES string of the molecule is c1ccc(-n2c3cc4c(cc3c3c5ccccc5ccc32)c2ccccc2n4-c2ccc(-c3ccc4c(c3)oc3ccccc34)cc2)cc1.c1ccc(-n2c3cc4c(cc3c3c5ccccc5ccc32)c2ccccc2n4-c2cccc(-c3cccc4c3oc3ccccc34)c2)cc1.c1ccc(-n2c3cc4c(cc3c3c5ccccc5ccc32)c2ccccc2n4-c2cccc(-c3cccc4c3sc3ccccc34)c2)cc1. The zero-order chi connectivity index (χ0) is 96.2. The molecule has 24 aromatic carbocycles. The first-order valence-corrected chi connectivity index (χ1v) is 51.1. The Morgan fingerprint density at radius 1 is 0.150 bits per heavy atom. The van der Waals surface area contributed by atoms with Crippen molar-refractivity contribution in [1.82, 2.24) is 27.4 Å². The molecule has 33 aromatic rings. The van der Waals surface area contributed by atoms with E-state index in [1.165, 1.54) is 200 Å². The van der Waals surface area contributed by atoms with Gasteiger partial charge in [-0.3, -0.25) is 0 Å². The molecule has 0 radical (unpaired) electrons. The number of nitrogens with zero attached hydrogens (tertiary/aromatic N) is 6. The Balaban J connectivity index is 0.0000000999. The molecule has 33 rings (SSSR count). The van der Waals surface area contributed by atoms with Crippen molar-refractivity contribution in [1.29, 1.82) is 0 Å². The minimum absolute atomic E-state index is 0.911. The normalized spacial score (nSPS) is 12.1. The van der Waals surface area contributed by atoms with Crippen LogP contribution in [0.4, 0.5) is 0 Å². The van der Waals surface area contributed by atoms with Gasteiger partial charge < -0.3 is 36.2 Å². The fourth-order valence-corrected chi connectivity index (χ4v) is 25.7. The van der Waals surface area contributed by atoms with Gasteiger partial charge in [-0.15, -0.1) is 11.3 Å². The van der Waals surface area contributed by atoms with Crippen LogP contribution in [-0.4, -0.2) is 27.4 Å². The summed E-state index contributed by atoms with van der Waals surface area (Å²) in [7, 11) is 0. The number of thiophene rings is 1. The van der Waals surface area contributed by atoms with Crippen LogP contribution in [0.25, 0.3) is 295 Å². The third-order valence-electron chi connectivity index (χ3n) is 30.9. The average Bonchev–Trinajstić information content (AvgIpc) is 1.55. The van der Waals surface area contributed by atoms with Crippen molar-refractivity contribution in [3.63, 3.8) is 0 Å². The predicted octanol–water partition coefficient (Wildman–Crippen LogP) is 38.3. The third-order valence-corrected chi connectivity index (χ3v) is 32.1. The summed E-state index contributed by atoms with van der Waals surface area (Å²) in [4.78, 5) is 0. The van der Waals surface area contributed by atoms with Gasteiger partial charge in [-0.1, -0.05) is 334 Å². The molecule has 0 atom stereocenters. The number of para-hydroxylation sites is 9. The highest BCUT2D eigenvalue weighted by Gasteiger charge is 2.27. The van der Waals surface area contributed by atoms with Crippen LogP contribution in [0.5, 0.6) is 0 Å². The maximum absolute atomic E-state index is 6.46. The lowest BCUT2D eigenvalue weighted by Crippen LogP contribution is -1.96. The lowest BCUT2D eigenvalue weighted by molar-refractivity contribution is 0.669. The molecule has 0 amide bonds. The van der Waals surface area contributed by atoms with E-state index in [4.69, 9.17) is 8.83 Å². The molecule has 0 saturated carbocycles. The average molecular weight is 1890 g/mol. The van der Waals surface area contributed by atoms with E-state index in [2.05, 4.69) is 513 Å². The van der Waals surface area contributed by atoms with Crippen molar-refractivity contribution >= 4 is 239 Å². The minimum atomic E-state index is 0.911. The van der Waals surface area contributed by atoms with Gasteiger partial charge in [0, 0.05) is 146 Å². The highest BCUT2D eigenvalue weighted by molar-refractivity contribution is 7.26. The van der Waals surface area contributed by atoms with Crippen LogP contribution in [0, 0.1) is 0 Å². The summed E-state index contributed by atoms with van der Waals surface area (Å²) in [6.07, 6.45) is 0. The lowest BCUT2D eigenvalue weighted by Gasteiger charge is -2.12. The van der Waals surface area contributed by atoms with Gasteiger partial charge in [0.2, 0.25) is 0 Å². The monoisotopic (exact) mass is 1890 g/mol. The Labute approximate surface area is 845 Å². The first kappa shape index (κ1) is 82.4. The summed E-state index contributed by atoms with van der Waals surface area (Å²) in [5, 5.41) is 30.0. The summed E-state index contributed by atoms with van der Waals surface area (Å²) in [5.41, 5.74) is 32.0. The smallest absolute Gasteiger partial charge is 0.143 e. The number of hydrogen-bond acceptors (Lipinski definition) is 3. The summed E-state index contributed by atoms with van der Waals surface area (Å²) >= 11 is 1.89. The van der Waals surface area contributed by atoms with Crippen LogP contribution in [0.1, 0.15) is 0 Å². The first-order chi connectivity index (χ1) is 72.9. The molecule has 0 aliphatic rings. The standard InChI is InChI=1S/2C46H28N2O.C46H28N2S/c1-2-14-31(15-3-1)47-41-25-24-29-12-4-5-17-33(29)45(41)39-27-38-35-18-6-8-22-40(35)48(42(38)28-43(39)47)32-16-10-13-30(26-32)34-20-11-21-37-36-19-7-9-23-44(36)49-46(34)37;1-2-11-32(12-3-1)48-41-25-21-30-10-4-5-13-34(30)46(41)39-27-38-35-14-6-8-16-40(35)47(42(38)28-43(39)48)33-22-18-29(19-23-33)31-20-24-37-36-15-7-9-17-44(36)49-45(37)26-31;1-2-14-31(15-3-1)47-41-25-24-29-12-4-5-17-33(29)45(41)39-27-38-35-18-6-8-22-40(35)48(42(38)28-43(39)47)32-16-10-13-30(26-32)34-20-11-21-37-36-19-7-9-23-44(36)49-46(34)37/h3*1-28H. The maximum Gasteiger partial charge on any atom is 0.143 e. The van der Waals surface area contributed by atoms with Crippen molar-refractivity contribution in [2.45, 2.75) is 0 Å². The molecule has 0 aliphatic heterocycles. The molecule has 9 aromatic heterocycles. The Kier molecular flexibility index (Phi) is 18.3. The molecule has 0 bridgehead atoms. The number of fused-ring (bicyclic) bond motifs is 33. The molecule has 0 saturated heterocycles. The van der Waals surface area contributed by atoms with Gasteiger partial charge in [-0.25, -0.2) is 0 Å². The van der Waals surface area contributed by atoms with Gasteiger partial charge in [-0.2, -0.15) is 0 Å². The Bertz CT molecular complexity index is 10900. The molecule has 0 unspecified atom stereocenters. The minimum Gasteiger partial charge on any atom is -0.456 e. The predicted molar refractivity (Wildman–Crippen MR) is 622 cm³/mol. The van der Waals surface area contributed by atoms with Gasteiger partial charge in [0.05, 0.1) is 66.2 Å². The maximum atomic E-state index is 6.46. The second-order valence-corrected chi connectivity index (χ2v) is 39.8. The summed E-state index contributed by atoms with van der Waals surface area (Å²) in [6, 6.07) is 185. The van der Waals surface area contributed by atoms with E-state index in [1.54, 1.807) is 0 Å². The molecule has 147 heavy (non-hydrogen) atoms. The van der Waals surface area contributed by atoms with Crippen molar-refractivity contribution in [3.8, 4) is 67.5 Å². The van der Waals surface area contributed by atoms with E-state index in [1.807, 2.05) is 35.6 Å². The first-order valence-electron chi connectivity index (χ1n) is 50.3. The van der Waals surface area contributed by atoms with Crippen molar-refractivity contribution in [2.75, 3.05) is 0 Å². The van der Waals surface area contributed by atoms with Crippen LogP contribution < -0.4 is 0 Å². The Morgan fingerprint density at radius 2 is 0.483 bits per heavy atom. The molecule has 0 spiro atoms. The lowest BCUT2D eigenvalue weighted by atomic mass is 10.0. The van der Waals surface area contributed by atoms with E-state index in [-0.39, 0.29) is 0 Å². The molecule has 0 fully saturated rings. The van der Waals surface area contributed by atoms with E-state index >= 15 is 0 Å². The molecule has 0 N–H and O–H groups in total. The molecule has 0 aliphatic carbocycles. The molecular weight excluding hydrogens is 1810 g/mol. The Morgan fingerprint density at radius 3 is 0.966 bits per heavy atom. The second kappa shape index (κ2) is 32.6. The molecule has 9 heteroatoms. The third kappa shape index (κ3) is 12.7. The number of furan rings is 2. The second-order valence-electron chi connectivity index (χ2n) is 38.8. The van der Waals surface area contributed by atoms with Gasteiger partial charge in [-0.05, 0) is 236 Å². The van der Waals surface area contributed by atoms with Crippen LogP contribution in [0.15, 0.2) is 518 Å². The van der Waals surface area contributed by atoms with Crippen molar-refractivity contribution < 1.29 is 8.83 Å². The van der Waals surface area contributed by atoms with Crippen LogP contribution in [0.2, 0.25) is 0 Å². The molecule has 8 nitrogen and oxygen atoms in total. The number of rotatable bonds is 9. The van der Waals surface area contributed by atoms with Gasteiger partial charge >= 0.3 is 0 Å². The number of aromatic nitrogens is 6. The van der Waals surface area contributed by atoms with E-state index in [0.29, 0.717) is 0 Å². The van der Waals surface area contributed by atoms with E-state index in [0.717, 1.165) is 94.6 Å². The van der Waals surface area contributed by atoms with E-state index < -0.39 is 0 Å². The quantitative estimate of drug-likeness (QED) is 0.145. The van der Waals surface area contributed by atoms with Crippen LogP contribution in [0.3, 0.4) is 0 Å². The summed E-state index contributed by atoms with van der Waals surface area (Å²) < 4.78 is 29.9. The van der Waals surface area contributed by atoms with Crippen LogP contribution in [-0.2, 0) is 0 Å². The topological polar surface area (TPSA) is 55.9 Å². The fraction of sp³-hybridized carbons (Fsp3) is 0. The summed E-state index contributed by atoms with van der Waals surface area (Å²) in [5.74, 6) is 0. The van der Waals surface area contributed by atoms with Gasteiger partial charge in [0.25, 0.3) is 0 Å². The summed E-state index contributed by atoms with van der Waals surface area (Å²) in [6.45, 7) is 0. The highest BCUT2D eigenvalue weighted by atomic mass is 32.1. The molecule has 9 heterocycles. The highest BCUT2D eigenvalue weighted by Crippen LogP contribution is 2.50. The van der Waals surface area contributed by atoms with Gasteiger partial charge in [0.1, 0.15) is 22.3 Å². The molecule has 684 valence electrons. The zero-order valence-corrected chi connectivity index (χ0v) is 80.2. The number of benzene rings is 24. The van der Waals surface area contributed by atoms with Crippen molar-refractivity contribution in [2.24, 2.45) is 0 Å². The molecular formula is C138H84N6O2S. The van der Waals surface area contributed by atoms with Gasteiger partial charge in [0.15, 0.2) is 0 Å². The Hall–Kier alpha value is -19.3.